The van der Waals surface area contributed by atoms with Crippen molar-refractivity contribution in [2.45, 2.75) is 38.4 Å². The lowest BCUT2D eigenvalue weighted by molar-refractivity contribution is 0.0329. The van der Waals surface area contributed by atoms with Gasteiger partial charge in [0.2, 0.25) is 5.82 Å². The molecule has 1 fully saturated rings. The van der Waals surface area contributed by atoms with E-state index in [0.29, 0.717) is 23.8 Å². The number of hydrogen-bond acceptors (Lipinski definition) is 3. The standard InChI is InChI=1S/C28H28F2O3/c1-3-23-12-11-22(18-33-23)20-7-5-19(6-8-20)17-32-24-13-9-21(10-14-24)25-15-16-26(31-4-2)28(30)27(25)29/h3,5-10,13-16,22-23H,1,4,11-12,17-18H2,2H3. The Balaban J connectivity index is 1.35. The molecule has 0 amide bonds. The molecule has 0 aliphatic carbocycles. The molecule has 3 nitrogen and oxygen atoms in total. The maximum Gasteiger partial charge on any atom is 0.201 e. The number of rotatable bonds is 8. The minimum atomic E-state index is -0.974. The lowest BCUT2D eigenvalue weighted by atomic mass is 9.91. The fourth-order valence-electron chi connectivity index (χ4n) is 4.03. The Morgan fingerprint density at radius 2 is 1.70 bits per heavy atom. The lowest BCUT2D eigenvalue weighted by Gasteiger charge is -2.27. The Labute approximate surface area is 193 Å². The molecule has 0 radical (unpaired) electrons. The van der Waals surface area contributed by atoms with Crippen molar-refractivity contribution in [2.75, 3.05) is 13.2 Å². The van der Waals surface area contributed by atoms with Gasteiger partial charge in [-0.15, -0.1) is 6.58 Å². The summed E-state index contributed by atoms with van der Waals surface area (Å²) in [6.45, 7) is 6.94. The first-order valence-corrected chi connectivity index (χ1v) is 11.3. The van der Waals surface area contributed by atoms with Crippen LogP contribution < -0.4 is 9.47 Å². The largest absolute Gasteiger partial charge is 0.491 e. The average Bonchev–Trinajstić information content (AvgIpc) is 2.87. The van der Waals surface area contributed by atoms with E-state index in [1.54, 1.807) is 31.2 Å². The molecular formula is C28H28F2O3. The van der Waals surface area contributed by atoms with Gasteiger partial charge in [0.25, 0.3) is 0 Å². The van der Waals surface area contributed by atoms with Gasteiger partial charge in [0.1, 0.15) is 12.4 Å². The van der Waals surface area contributed by atoms with E-state index in [9.17, 15) is 8.78 Å². The lowest BCUT2D eigenvalue weighted by Crippen LogP contribution is -2.22. The van der Waals surface area contributed by atoms with Crippen LogP contribution in [0, 0.1) is 11.6 Å². The van der Waals surface area contributed by atoms with Crippen LogP contribution in [0.2, 0.25) is 0 Å². The van der Waals surface area contributed by atoms with Crippen LogP contribution >= 0.6 is 0 Å². The summed E-state index contributed by atoms with van der Waals surface area (Å²) in [5.41, 5.74) is 3.09. The molecule has 1 saturated heterocycles. The number of ether oxygens (including phenoxy) is 3. The Hall–Kier alpha value is -3.18. The van der Waals surface area contributed by atoms with Gasteiger partial charge in [0.05, 0.1) is 19.3 Å². The van der Waals surface area contributed by atoms with Crippen molar-refractivity contribution in [2.24, 2.45) is 0 Å². The summed E-state index contributed by atoms with van der Waals surface area (Å²) in [4.78, 5) is 0. The first-order valence-electron chi connectivity index (χ1n) is 11.3. The molecule has 2 unspecified atom stereocenters. The summed E-state index contributed by atoms with van der Waals surface area (Å²) in [6.07, 6.45) is 4.14. The molecule has 0 spiro atoms. The summed E-state index contributed by atoms with van der Waals surface area (Å²) in [5, 5.41) is 0. The molecule has 5 heteroatoms. The van der Waals surface area contributed by atoms with Crippen molar-refractivity contribution in [1.82, 2.24) is 0 Å². The highest BCUT2D eigenvalue weighted by atomic mass is 19.2. The van der Waals surface area contributed by atoms with Crippen LogP contribution in [0.15, 0.2) is 73.3 Å². The highest BCUT2D eigenvalue weighted by molar-refractivity contribution is 5.66. The third-order valence-corrected chi connectivity index (χ3v) is 5.94. The van der Waals surface area contributed by atoms with Crippen LogP contribution in [0.1, 0.15) is 36.8 Å². The van der Waals surface area contributed by atoms with Crippen LogP contribution in [0.25, 0.3) is 11.1 Å². The molecular weight excluding hydrogens is 422 g/mol. The van der Waals surface area contributed by atoms with Crippen LogP contribution in [0.5, 0.6) is 11.5 Å². The normalized spacial score (nSPS) is 18.0. The van der Waals surface area contributed by atoms with Gasteiger partial charge in [-0.1, -0.05) is 42.5 Å². The van der Waals surface area contributed by atoms with Crippen molar-refractivity contribution in [1.29, 1.82) is 0 Å². The number of benzene rings is 3. The van der Waals surface area contributed by atoms with E-state index in [1.165, 1.54) is 17.7 Å². The molecule has 172 valence electrons. The minimum Gasteiger partial charge on any atom is -0.491 e. The molecule has 3 aromatic carbocycles. The summed E-state index contributed by atoms with van der Waals surface area (Å²) >= 11 is 0. The molecule has 2 atom stereocenters. The van der Waals surface area contributed by atoms with Crippen molar-refractivity contribution in [3.05, 3.63) is 96.1 Å². The molecule has 33 heavy (non-hydrogen) atoms. The quantitative estimate of drug-likeness (QED) is 0.344. The molecule has 0 N–H and O–H groups in total. The molecule has 4 rings (SSSR count). The van der Waals surface area contributed by atoms with Gasteiger partial charge in [-0.25, -0.2) is 4.39 Å². The zero-order valence-corrected chi connectivity index (χ0v) is 18.7. The second kappa shape index (κ2) is 10.6. The predicted molar refractivity (Wildman–Crippen MR) is 126 cm³/mol. The second-order valence-corrected chi connectivity index (χ2v) is 8.11. The number of halogens is 2. The topological polar surface area (TPSA) is 27.7 Å². The van der Waals surface area contributed by atoms with Crippen molar-refractivity contribution in [3.8, 4) is 22.6 Å². The van der Waals surface area contributed by atoms with Gasteiger partial charge in [-0.05, 0) is 60.7 Å². The first kappa shape index (κ1) is 23.0. The highest BCUT2D eigenvalue weighted by Crippen LogP contribution is 2.31. The zero-order chi connectivity index (χ0) is 23.2. The molecule has 0 aromatic heterocycles. The Kier molecular flexibility index (Phi) is 7.40. The van der Waals surface area contributed by atoms with Gasteiger partial charge in [0, 0.05) is 11.5 Å². The average molecular weight is 451 g/mol. The van der Waals surface area contributed by atoms with Crippen LogP contribution in [-0.4, -0.2) is 19.3 Å². The fourth-order valence-corrected chi connectivity index (χ4v) is 4.03. The van der Waals surface area contributed by atoms with E-state index in [4.69, 9.17) is 14.2 Å². The summed E-state index contributed by atoms with van der Waals surface area (Å²) in [6, 6.07) is 18.3. The maximum absolute atomic E-state index is 14.4. The van der Waals surface area contributed by atoms with E-state index < -0.39 is 11.6 Å². The van der Waals surface area contributed by atoms with E-state index >= 15 is 0 Å². The summed E-state index contributed by atoms with van der Waals surface area (Å²) in [5.74, 6) is -0.902. The highest BCUT2D eigenvalue weighted by Gasteiger charge is 2.21. The van der Waals surface area contributed by atoms with Gasteiger partial charge < -0.3 is 14.2 Å². The summed E-state index contributed by atoms with van der Waals surface area (Å²) < 4.78 is 45.4. The van der Waals surface area contributed by atoms with Crippen molar-refractivity contribution < 1.29 is 23.0 Å². The van der Waals surface area contributed by atoms with E-state index in [2.05, 4.69) is 30.8 Å². The van der Waals surface area contributed by atoms with E-state index in [-0.39, 0.29) is 24.0 Å². The van der Waals surface area contributed by atoms with Gasteiger partial charge >= 0.3 is 0 Å². The monoisotopic (exact) mass is 450 g/mol. The molecule has 3 aromatic rings. The third kappa shape index (κ3) is 5.42. The molecule has 0 saturated carbocycles. The van der Waals surface area contributed by atoms with Gasteiger partial charge in [-0.3, -0.25) is 0 Å². The fraction of sp³-hybridized carbons (Fsp3) is 0.286. The van der Waals surface area contributed by atoms with Crippen molar-refractivity contribution in [3.63, 3.8) is 0 Å². The summed E-state index contributed by atoms with van der Waals surface area (Å²) in [7, 11) is 0. The Morgan fingerprint density at radius 3 is 2.33 bits per heavy atom. The predicted octanol–water partition coefficient (Wildman–Crippen LogP) is 7.06. The maximum atomic E-state index is 14.4. The molecule has 1 heterocycles. The van der Waals surface area contributed by atoms with Crippen LogP contribution in [-0.2, 0) is 11.3 Å². The van der Waals surface area contributed by atoms with Crippen LogP contribution in [0.3, 0.4) is 0 Å². The molecule has 1 aliphatic heterocycles. The Bertz CT molecular complexity index is 1070. The molecule has 1 aliphatic rings. The van der Waals surface area contributed by atoms with Crippen molar-refractivity contribution >= 4 is 0 Å². The van der Waals surface area contributed by atoms with Gasteiger partial charge in [-0.2, -0.15) is 4.39 Å². The van der Waals surface area contributed by atoms with E-state index in [0.717, 1.165) is 25.0 Å². The van der Waals surface area contributed by atoms with Gasteiger partial charge in [0.15, 0.2) is 11.6 Å². The van der Waals surface area contributed by atoms with Crippen LogP contribution in [0.4, 0.5) is 8.78 Å². The zero-order valence-electron chi connectivity index (χ0n) is 18.7. The third-order valence-electron chi connectivity index (χ3n) is 5.94. The minimum absolute atomic E-state index is 0.0818. The number of hydrogen-bond donors (Lipinski definition) is 0. The van der Waals surface area contributed by atoms with E-state index in [1.807, 2.05) is 6.08 Å². The SMILES string of the molecule is C=CC1CCC(c2ccc(COc3ccc(-c4ccc(OCC)c(F)c4F)cc3)cc2)CO1. The smallest absolute Gasteiger partial charge is 0.201 e. The second-order valence-electron chi connectivity index (χ2n) is 8.11. The first-order chi connectivity index (χ1) is 16.1. The Morgan fingerprint density at radius 1 is 0.939 bits per heavy atom. The molecule has 0 bridgehead atoms.